The molecule has 1 aromatic carbocycles. The normalized spacial score (nSPS) is 19.0. The van der Waals surface area contributed by atoms with Crippen LogP contribution >= 0.6 is 28.3 Å². The van der Waals surface area contributed by atoms with Gasteiger partial charge in [0.05, 0.1) is 12.1 Å². The molecule has 0 saturated heterocycles. The SMILES string of the molecule is Cl.N[C@@H](c1ccc(Br)cc1O)[C@H](O)C1CCC1. The second-order valence-corrected chi connectivity index (χ2v) is 5.33. The molecule has 0 aliphatic heterocycles. The zero-order valence-electron chi connectivity index (χ0n) is 9.34. The Labute approximate surface area is 116 Å². The number of halogens is 2. The number of hydrogen-bond donors (Lipinski definition) is 3. The molecular weight excluding hydrogens is 305 g/mol. The number of rotatable bonds is 3. The highest BCUT2D eigenvalue weighted by Crippen LogP contribution is 2.36. The third-order valence-electron chi connectivity index (χ3n) is 3.35. The van der Waals surface area contributed by atoms with Crippen LogP contribution in [-0.2, 0) is 0 Å². The summed E-state index contributed by atoms with van der Waals surface area (Å²) in [6.07, 6.45) is 2.68. The molecule has 1 aliphatic rings. The summed E-state index contributed by atoms with van der Waals surface area (Å²) in [7, 11) is 0. The van der Waals surface area contributed by atoms with E-state index in [1.165, 1.54) is 6.42 Å². The molecule has 0 amide bonds. The van der Waals surface area contributed by atoms with Crippen molar-refractivity contribution >= 4 is 28.3 Å². The number of nitrogens with two attached hydrogens (primary N) is 1. The van der Waals surface area contributed by atoms with Gasteiger partial charge in [-0.3, -0.25) is 0 Å². The molecule has 2 atom stereocenters. The van der Waals surface area contributed by atoms with Gasteiger partial charge in [-0.25, -0.2) is 0 Å². The minimum absolute atomic E-state index is 0. The molecule has 1 aromatic rings. The van der Waals surface area contributed by atoms with Crippen molar-refractivity contribution < 1.29 is 10.2 Å². The lowest BCUT2D eigenvalue weighted by Gasteiger charge is -2.34. The number of aliphatic hydroxyl groups excluding tert-OH is 1. The predicted octanol–water partition coefficient (Wildman–Crippen LogP) is 2.74. The maximum Gasteiger partial charge on any atom is 0.121 e. The summed E-state index contributed by atoms with van der Waals surface area (Å²) >= 11 is 3.27. The lowest BCUT2D eigenvalue weighted by atomic mass is 9.77. The fourth-order valence-electron chi connectivity index (χ4n) is 2.06. The topological polar surface area (TPSA) is 66.5 Å². The van der Waals surface area contributed by atoms with Crippen LogP contribution in [0.25, 0.3) is 0 Å². The molecular formula is C12H17BrClNO2. The summed E-state index contributed by atoms with van der Waals surface area (Å²) in [6.45, 7) is 0. The van der Waals surface area contributed by atoms with Gasteiger partial charge in [0.25, 0.3) is 0 Å². The minimum atomic E-state index is -0.555. The highest BCUT2D eigenvalue weighted by atomic mass is 79.9. The molecule has 0 unspecified atom stereocenters. The Balaban J connectivity index is 0.00000144. The van der Waals surface area contributed by atoms with Crippen LogP contribution in [0.1, 0.15) is 30.9 Å². The van der Waals surface area contributed by atoms with E-state index < -0.39 is 12.1 Å². The lowest BCUT2D eigenvalue weighted by molar-refractivity contribution is 0.0407. The summed E-state index contributed by atoms with van der Waals surface area (Å²) in [6, 6.07) is 4.68. The third kappa shape index (κ3) is 3.13. The van der Waals surface area contributed by atoms with Crippen LogP contribution in [0.2, 0.25) is 0 Å². The van der Waals surface area contributed by atoms with Crippen molar-refractivity contribution in [3.63, 3.8) is 0 Å². The van der Waals surface area contributed by atoms with Crippen LogP contribution in [0, 0.1) is 5.92 Å². The largest absolute Gasteiger partial charge is 0.508 e. The van der Waals surface area contributed by atoms with Gasteiger partial charge in [-0.05, 0) is 30.9 Å². The number of aromatic hydroxyl groups is 1. The first-order valence-corrected chi connectivity index (χ1v) is 6.31. The average Bonchev–Trinajstić information content (AvgIpc) is 2.14. The summed E-state index contributed by atoms with van der Waals surface area (Å²) < 4.78 is 0.805. The number of aliphatic hydroxyl groups is 1. The van der Waals surface area contributed by atoms with E-state index in [2.05, 4.69) is 15.9 Å². The fraction of sp³-hybridized carbons (Fsp3) is 0.500. The molecule has 1 aliphatic carbocycles. The monoisotopic (exact) mass is 321 g/mol. The van der Waals surface area contributed by atoms with Gasteiger partial charge in [0, 0.05) is 10.0 Å². The zero-order valence-corrected chi connectivity index (χ0v) is 11.7. The summed E-state index contributed by atoms with van der Waals surface area (Å²) in [5.74, 6) is 0.429. The number of hydrogen-bond acceptors (Lipinski definition) is 3. The van der Waals surface area contributed by atoms with E-state index in [-0.39, 0.29) is 24.1 Å². The molecule has 0 heterocycles. The van der Waals surface area contributed by atoms with Gasteiger partial charge >= 0.3 is 0 Å². The molecule has 0 aromatic heterocycles. The van der Waals surface area contributed by atoms with Crippen LogP contribution in [0.5, 0.6) is 5.75 Å². The molecule has 1 fully saturated rings. The van der Waals surface area contributed by atoms with E-state index in [1.807, 2.05) is 6.07 Å². The molecule has 0 bridgehead atoms. The standard InChI is InChI=1S/C12H16BrNO2.ClH/c13-8-4-5-9(10(15)6-8)11(14)12(16)7-2-1-3-7;/h4-7,11-12,15-16H,1-3,14H2;1H/t11-,12+;/m0./s1. The van der Waals surface area contributed by atoms with Crippen LogP contribution in [0.4, 0.5) is 0 Å². The second-order valence-electron chi connectivity index (χ2n) is 4.41. The van der Waals surface area contributed by atoms with Crippen molar-refractivity contribution in [3.8, 4) is 5.75 Å². The van der Waals surface area contributed by atoms with E-state index in [0.717, 1.165) is 17.3 Å². The first-order chi connectivity index (χ1) is 7.59. The van der Waals surface area contributed by atoms with Crippen LogP contribution < -0.4 is 5.73 Å². The molecule has 4 N–H and O–H groups in total. The van der Waals surface area contributed by atoms with Crippen LogP contribution in [-0.4, -0.2) is 16.3 Å². The average molecular weight is 323 g/mol. The van der Waals surface area contributed by atoms with Gasteiger partial charge in [0.1, 0.15) is 5.75 Å². The third-order valence-corrected chi connectivity index (χ3v) is 3.85. The quantitative estimate of drug-likeness (QED) is 0.801. The molecule has 2 rings (SSSR count). The minimum Gasteiger partial charge on any atom is -0.508 e. The van der Waals surface area contributed by atoms with Crippen molar-refractivity contribution in [1.29, 1.82) is 0 Å². The van der Waals surface area contributed by atoms with Gasteiger partial charge in [0.2, 0.25) is 0 Å². The number of benzene rings is 1. The molecule has 3 nitrogen and oxygen atoms in total. The number of phenols is 1. The first kappa shape index (κ1) is 14.8. The van der Waals surface area contributed by atoms with Crippen molar-refractivity contribution in [3.05, 3.63) is 28.2 Å². The van der Waals surface area contributed by atoms with Crippen molar-refractivity contribution in [2.75, 3.05) is 0 Å². The molecule has 1 saturated carbocycles. The highest BCUT2D eigenvalue weighted by Gasteiger charge is 2.31. The van der Waals surface area contributed by atoms with Crippen molar-refractivity contribution in [2.45, 2.75) is 31.4 Å². The van der Waals surface area contributed by atoms with Gasteiger partial charge in [0.15, 0.2) is 0 Å². The van der Waals surface area contributed by atoms with E-state index in [9.17, 15) is 10.2 Å². The van der Waals surface area contributed by atoms with E-state index in [1.54, 1.807) is 12.1 Å². The van der Waals surface area contributed by atoms with E-state index in [4.69, 9.17) is 5.73 Å². The van der Waals surface area contributed by atoms with Crippen LogP contribution in [0.15, 0.2) is 22.7 Å². The van der Waals surface area contributed by atoms with Crippen molar-refractivity contribution in [2.24, 2.45) is 11.7 Å². The second kappa shape index (κ2) is 6.05. The van der Waals surface area contributed by atoms with Crippen molar-refractivity contribution in [1.82, 2.24) is 0 Å². The Kier molecular flexibility index (Phi) is 5.25. The molecule has 17 heavy (non-hydrogen) atoms. The maximum atomic E-state index is 10.0. The molecule has 96 valence electrons. The van der Waals surface area contributed by atoms with Crippen LogP contribution in [0.3, 0.4) is 0 Å². The lowest BCUT2D eigenvalue weighted by Crippen LogP contribution is -2.36. The molecule has 0 spiro atoms. The Bertz CT molecular complexity index is 385. The summed E-state index contributed by atoms with van der Waals surface area (Å²) in [4.78, 5) is 0. The Morgan fingerprint density at radius 2 is 2.00 bits per heavy atom. The smallest absolute Gasteiger partial charge is 0.121 e. The van der Waals surface area contributed by atoms with E-state index in [0.29, 0.717) is 5.56 Å². The molecule has 5 heteroatoms. The number of phenolic OH excluding ortho intramolecular Hbond substituents is 1. The van der Waals surface area contributed by atoms with Gasteiger partial charge < -0.3 is 15.9 Å². The summed E-state index contributed by atoms with van der Waals surface area (Å²) in [5.41, 5.74) is 6.59. The van der Waals surface area contributed by atoms with E-state index >= 15 is 0 Å². The van der Waals surface area contributed by atoms with Gasteiger partial charge in [-0.1, -0.05) is 28.4 Å². The Morgan fingerprint density at radius 3 is 2.47 bits per heavy atom. The zero-order chi connectivity index (χ0) is 11.7. The fourth-order valence-corrected chi connectivity index (χ4v) is 2.41. The summed E-state index contributed by atoms with van der Waals surface area (Å²) in [5, 5.41) is 19.8. The maximum absolute atomic E-state index is 10.0. The Morgan fingerprint density at radius 1 is 1.35 bits per heavy atom. The highest BCUT2D eigenvalue weighted by molar-refractivity contribution is 9.10. The Hall–Kier alpha value is -0.290. The predicted molar refractivity (Wildman–Crippen MR) is 73.3 cm³/mol. The molecule has 0 radical (unpaired) electrons. The van der Waals surface area contributed by atoms with Gasteiger partial charge in [-0.15, -0.1) is 12.4 Å². The van der Waals surface area contributed by atoms with Gasteiger partial charge in [-0.2, -0.15) is 0 Å². The first-order valence-electron chi connectivity index (χ1n) is 5.51.